The van der Waals surface area contributed by atoms with Crippen LogP contribution in [0.25, 0.3) is 0 Å². The van der Waals surface area contributed by atoms with Crippen molar-refractivity contribution in [2.45, 2.75) is 12.8 Å². The van der Waals surface area contributed by atoms with Crippen molar-refractivity contribution >= 4 is 52.4 Å². The predicted molar refractivity (Wildman–Crippen MR) is 113 cm³/mol. The maximum atomic E-state index is 12.5. The van der Waals surface area contributed by atoms with E-state index in [2.05, 4.69) is 0 Å². The standard InChI is InChI=1S/C20H15Cl4F3O4/c21-16-9-14(30-6-5-18(23)24)10-17(22)15(16)11-29-7-8-31-19(28)12-1-3-13(4-2-12)20(25,26)27/h1-5,9-10H,6-8,11H2. The van der Waals surface area contributed by atoms with E-state index in [-0.39, 0.29) is 36.5 Å². The van der Waals surface area contributed by atoms with Crippen molar-refractivity contribution in [3.05, 3.63) is 73.7 Å². The molecule has 0 aliphatic carbocycles. The molecule has 2 aromatic carbocycles. The van der Waals surface area contributed by atoms with Gasteiger partial charge in [0.2, 0.25) is 0 Å². The number of benzene rings is 2. The lowest BCUT2D eigenvalue weighted by molar-refractivity contribution is -0.137. The fourth-order valence-electron chi connectivity index (χ4n) is 2.25. The maximum Gasteiger partial charge on any atom is 0.416 e. The van der Waals surface area contributed by atoms with Gasteiger partial charge in [0.1, 0.15) is 23.5 Å². The molecule has 2 rings (SSSR count). The summed E-state index contributed by atoms with van der Waals surface area (Å²) in [7, 11) is 0. The van der Waals surface area contributed by atoms with Crippen molar-refractivity contribution in [3.8, 4) is 5.75 Å². The molecule has 0 spiro atoms. The lowest BCUT2D eigenvalue weighted by Crippen LogP contribution is -2.12. The first kappa shape index (κ1) is 25.6. The molecular formula is C20H15Cl4F3O4. The largest absolute Gasteiger partial charge is 0.489 e. The summed E-state index contributed by atoms with van der Waals surface area (Å²) in [5.41, 5.74) is -0.340. The molecular weight excluding hydrogens is 503 g/mol. The van der Waals surface area contributed by atoms with Crippen LogP contribution in [0, 0.1) is 0 Å². The summed E-state index contributed by atoms with van der Waals surface area (Å²) in [6.07, 6.45) is -3.02. The van der Waals surface area contributed by atoms with Crippen LogP contribution in [0.2, 0.25) is 10.0 Å². The van der Waals surface area contributed by atoms with Crippen molar-refractivity contribution in [3.63, 3.8) is 0 Å². The average molecular weight is 518 g/mol. The Balaban J connectivity index is 1.79. The number of rotatable bonds is 9. The van der Waals surface area contributed by atoms with Crippen LogP contribution in [-0.2, 0) is 22.3 Å². The molecule has 11 heteroatoms. The number of ether oxygens (including phenoxy) is 3. The Kier molecular flexibility index (Phi) is 9.78. The zero-order valence-corrected chi connectivity index (χ0v) is 18.7. The summed E-state index contributed by atoms with van der Waals surface area (Å²) < 4.78 is 53.5. The fourth-order valence-corrected chi connectivity index (χ4v) is 2.95. The number of hydrogen-bond donors (Lipinski definition) is 0. The number of esters is 1. The molecule has 4 nitrogen and oxygen atoms in total. The molecule has 0 bridgehead atoms. The summed E-state index contributed by atoms with van der Waals surface area (Å²) >= 11 is 23.4. The highest BCUT2D eigenvalue weighted by Crippen LogP contribution is 2.31. The van der Waals surface area contributed by atoms with Crippen molar-refractivity contribution in [2.75, 3.05) is 19.8 Å². The van der Waals surface area contributed by atoms with E-state index in [9.17, 15) is 18.0 Å². The minimum atomic E-state index is -4.47. The average Bonchev–Trinajstić information content (AvgIpc) is 2.68. The molecule has 0 aliphatic rings. The summed E-state index contributed by atoms with van der Waals surface area (Å²) in [5.74, 6) is -0.351. The van der Waals surface area contributed by atoms with Crippen molar-refractivity contribution in [1.29, 1.82) is 0 Å². The molecule has 0 atom stereocenters. The topological polar surface area (TPSA) is 44.8 Å². The third-order valence-electron chi connectivity index (χ3n) is 3.76. The third-order valence-corrected chi connectivity index (χ3v) is 4.74. The van der Waals surface area contributed by atoms with Crippen LogP contribution in [0.5, 0.6) is 5.75 Å². The number of alkyl halides is 3. The van der Waals surface area contributed by atoms with E-state index < -0.39 is 17.7 Å². The summed E-state index contributed by atoms with van der Waals surface area (Å²) in [5, 5.41) is 0.621. The summed E-state index contributed by atoms with van der Waals surface area (Å²) in [4.78, 5) is 11.9. The van der Waals surface area contributed by atoms with Gasteiger partial charge in [-0.2, -0.15) is 13.2 Å². The van der Waals surface area contributed by atoms with Crippen molar-refractivity contribution in [1.82, 2.24) is 0 Å². The van der Waals surface area contributed by atoms with Gasteiger partial charge >= 0.3 is 12.1 Å². The minimum Gasteiger partial charge on any atom is -0.489 e. The van der Waals surface area contributed by atoms with Crippen LogP contribution in [0.3, 0.4) is 0 Å². The Morgan fingerprint density at radius 3 is 2.16 bits per heavy atom. The molecule has 168 valence electrons. The van der Waals surface area contributed by atoms with Crippen LogP contribution in [0.15, 0.2) is 47.0 Å². The van der Waals surface area contributed by atoms with Gasteiger partial charge in [-0.15, -0.1) is 0 Å². The molecule has 0 N–H and O–H groups in total. The number of hydrogen-bond acceptors (Lipinski definition) is 4. The predicted octanol–water partition coefficient (Wildman–Crippen LogP) is 7.08. The molecule has 0 heterocycles. The monoisotopic (exact) mass is 516 g/mol. The van der Waals surface area contributed by atoms with Crippen LogP contribution in [0.1, 0.15) is 21.5 Å². The number of carbonyl (C=O) groups excluding carboxylic acids is 1. The van der Waals surface area contributed by atoms with E-state index >= 15 is 0 Å². The van der Waals surface area contributed by atoms with Gasteiger partial charge in [0.25, 0.3) is 0 Å². The van der Waals surface area contributed by atoms with Crippen LogP contribution >= 0.6 is 46.4 Å². The smallest absolute Gasteiger partial charge is 0.416 e. The molecule has 0 saturated heterocycles. The molecule has 0 amide bonds. The molecule has 0 unspecified atom stereocenters. The van der Waals surface area contributed by atoms with Crippen LogP contribution < -0.4 is 4.74 Å². The van der Waals surface area contributed by atoms with E-state index in [0.29, 0.717) is 21.4 Å². The van der Waals surface area contributed by atoms with Gasteiger partial charge in [-0.3, -0.25) is 0 Å². The first-order valence-electron chi connectivity index (χ1n) is 8.62. The van der Waals surface area contributed by atoms with Crippen molar-refractivity contribution in [2.24, 2.45) is 0 Å². The highest BCUT2D eigenvalue weighted by Gasteiger charge is 2.30. The van der Waals surface area contributed by atoms with E-state index in [1.54, 1.807) is 12.1 Å². The van der Waals surface area contributed by atoms with Crippen LogP contribution in [-0.4, -0.2) is 25.8 Å². The molecule has 2 aromatic rings. The molecule has 0 saturated carbocycles. The number of carbonyl (C=O) groups is 1. The zero-order valence-electron chi connectivity index (χ0n) is 15.6. The molecule has 31 heavy (non-hydrogen) atoms. The lowest BCUT2D eigenvalue weighted by atomic mass is 10.1. The van der Waals surface area contributed by atoms with E-state index in [0.717, 1.165) is 24.3 Å². The SMILES string of the molecule is O=C(OCCOCc1c(Cl)cc(OCC=C(Cl)Cl)cc1Cl)c1ccc(C(F)(F)F)cc1. The normalized spacial score (nSPS) is 11.2. The lowest BCUT2D eigenvalue weighted by Gasteiger charge is -2.11. The van der Waals surface area contributed by atoms with Gasteiger partial charge in [-0.1, -0.05) is 46.4 Å². The Morgan fingerprint density at radius 2 is 1.61 bits per heavy atom. The van der Waals surface area contributed by atoms with E-state index in [1.165, 1.54) is 6.08 Å². The van der Waals surface area contributed by atoms with Crippen molar-refractivity contribution < 1.29 is 32.2 Å². The third kappa shape index (κ3) is 8.43. The second kappa shape index (κ2) is 11.8. The first-order chi connectivity index (χ1) is 14.6. The van der Waals surface area contributed by atoms with Gasteiger partial charge in [0.05, 0.1) is 34.4 Å². The van der Waals surface area contributed by atoms with Gasteiger partial charge in [0.15, 0.2) is 0 Å². The number of halogens is 7. The molecule has 0 aromatic heterocycles. The quantitative estimate of drug-likeness (QED) is 0.263. The zero-order chi connectivity index (χ0) is 23.0. The minimum absolute atomic E-state index is 0.0000215. The summed E-state index contributed by atoms with van der Waals surface area (Å²) in [6.45, 7) is 0.0937. The van der Waals surface area contributed by atoms with E-state index in [1.807, 2.05) is 0 Å². The van der Waals surface area contributed by atoms with Crippen LogP contribution in [0.4, 0.5) is 13.2 Å². The van der Waals surface area contributed by atoms with Gasteiger partial charge in [0, 0.05) is 5.56 Å². The summed E-state index contributed by atoms with van der Waals surface area (Å²) in [6, 6.07) is 6.81. The Morgan fingerprint density at radius 1 is 1.00 bits per heavy atom. The highest BCUT2D eigenvalue weighted by molar-refractivity contribution is 6.55. The second-order valence-electron chi connectivity index (χ2n) is 5.93. The maximum absolute atomic E-state index is 12.5. The molecule has 0 aliphatic heterocycles. The Bertz CT molecular complexity index is 904. The Labute approximate surface area is 196 Å². The fraction of sp³-hybridized carbons (Fsp3) is 0.250. The van der Waals surface area contributed by atoms with Gasteiger partial charge < -0.3 is 14.2 Å². The highest BCUT2D eigenvalue weighted by atomic mass is 35.5. The van der Waals surface area contributed by atoms with E-state index in [4.69, 9.17) is 60.6 Å². The molecule has 0 radical (unpaired) electrons. The van der Waals surface area contributed by atoms with Gasteiger partial charge in [-0.25, -0.2) is 4.79 Å². The first-order valence-corrected chi connectivity index (χ1v) is 10.1. The van der Waals surface area contributed by atoms with Gasteiger partial charge in [-0.05, 0) is 42.5 Å². The second-order valence-corrected chi connectivity index (χ2v) is 7.76. The molecule has 0 fully saturated rings. The Hall–Kier alpha value is -1.64.